The molecule has 5 nitrogen and oxygen atoms in total. The van der Waals surface area contributed by atoms with Gasteiger partial charge in [-0.25, -0.2) is 0 Å². The maximum Gasteiger partial charge on any atom is 0.255 e. The number of carbonyl (C=O) groups excluding carboxylic acids is 2. The van der Waals surface area contributed by atoms with Crippen LogP contribution >= 0.6 is 11.3 Å². The van der Waals surface area contributed by atoms with Gasteiger partial charge >= 0.3 is 0 Å². The molecule has 2 amide bonds. The number of hydrogen-bond donors (Lipinski definition) is 1. The lowest BCUT2D eigenvalue weighted by Crippen LogP contribution is -2.54. The highest BCUT2D eigenvalue weighted by molar-refractivity contribution is 7.13. The van der Waals surface area contributed by atoms with E-state index >= 15 is 0 Å². The lowest BCUT2D eigenvalue weighted by molar-refractivity contribution is -0.133. The van der Waals surface area contributed by atoms with Crippen molar-refractivity contribution in [2.24, 2.45) is 5.41 Å². The van der Waals surface area contributed by atoms with Crippen molar-refractivity contribution in [1.82, 2.24) is 15.2 Å². The topological polar surface area (TPSA) is 62.3 Å². The van der Waals surface area contributed by atoms with Crippen molar-refractivity contribution in [3.05, 3.63) is 90.1 Å². The van der Waals surface area contributed by atoms with Crippen molar-refractivity contribution < 1.29 is 9.59 Å². The number of rotatable bonds is 7. The molecule has 1 aliphatic heterocycles. The van der Waals surface area contributed by atoms with Gasteiger partial charge in [0.1, 0.15) is 0 Å². The predicted molar refractivity (Wildman–Crippen MR) is 128 cm³/mol. The van der Waals surface area contributed by atoms with E-state index in [1.165, 1.54) is 10.4 Å². The summed E-state index contributed by atoms with van der Waals surface area (Å²) in [5.74, 6) is -0.102. The van der Waals surface area contributed by atoms with Crippen LogP contribution in [0.25, 0.3) is 10.4 Å². The van der Waals surface area contributed by atoms with Gasteiger partial charge in [0.05, 0.1) is 11.0 Å². The highest BCUT2D eigenvalue weighted by Gasteiger charge is 2.43. The summed E-state index contributed by atoms with van der Waals surface area (Å²) in [4.78, 5) is 33.5. The third-order valence-electron chi connectivity index (χ3n) is 5.96. The Morgan fingerprint density at radius 3 is 2.72 bits per heavy atom. The molecule has 2 aromatic heterocycles. The van der Waals surface area contributed by atoms with Crippen molar-refractivity contribution in [3.63, 3.8) is 0 Å². The number of amides is 2. The minimum Gasteiger partial charge on any atom is -0.352 e. The van der Waals surface area contributed by atoms with Gasteiger partial charge < -0.3 is 10.2 Å². The first-order chi connectivity index (χ1) is 15.6. The Morgan fingerprint density at radius 1 is 1.19 bits per heavy atom. The minimum atomic E-state index is -0.677. The Labute approximate surface area is 192 Å². The summed E-state index contributed by atoms with van der Waals surface area (Å²) in [5.41, 5.74) is 2.14. The fourth-order valence-electron chi connectivity index (χ4n) is 4.36. The van der Waals surface area contributed by atoms with Crippen LogP contribution in [0.2, 0.25) is 0 Å². The molecular weight excluding hydrogens is 418 g/mol. The summed E-state index contributed by atoms with van der Waals surface area (Å²) < 4.78 is 0. The number of pyridine rings is 1. The van der Waals surface area contributed by atoms with E-state index in [4.69, 9.17) is 0 Å². The van der Waals surface area contributed by atoms with Crippen LogP contribution in [0.5, 0.6) is 0 Å². The summed E-state index contributed by atoms with van der Waals surface area (Å²) in [7, 11) is 0. The molecular formula is C26H27N3O2S. The maximum absolute atomic E-state index is 13.3. The lowest BCUT2D eigenvalue weighted by atomic mass is 9.74. The Balaban J connectivity index is 1.58. The zero-order chi connectivity index (χ0) is 22.4. The average molecular weight is 446 g/mol. The summed E-state index contributed by atoms with van der Waals surface area (Å²) in [5, 5.41) is 5.06. The summed E-state index contributed by atoms with van der Waals surface area (Å²) in [6.45, 7) is 5.15. The molecule has 0 spiro atoms. The van der Waals surface area contributed by atoms with Crippen LogP contribution in [0.4, 0.5) is 0 Å². The SMILES string of the molecule is C=CCNC(=O)C1(Cc2ccc(-c3cccs3)cc2)CCCN(C(=O)c2cccnc2)C1. The van der Waals surface area contributed by atoms with Crippen LogP contribution in [-0.4, -0.2) is 41.3 Å². The number of hydrogen-bond acceptors (Lipinski definition) is 4. The number of thiophene rings is 1. The monoisotopic (exact) mass is 445 g/mol. The summed E-state index contributed by atoms with van der Waals surface area (Å²) >= 11 is 1.71. The molecule has 1 saturated heterocycles. The first-order valence-electron chi connectivity index (χ1n) is 10.8. The molecule has 1 aromatic carbocycles. The second-order valence-corrected chi connectivity index (χ2v) is 9.15. The van der Waals surface area contributed by atoms with Gasteiger partial charge in [-0.1, -0.05) is 36.4 Å². The van der Waals surface area contributed by atoms with Gasteiger partial charge in [0.15, 0.2) is 0 Å². The van der Waals surface area contributed by atoms with E-state index in [1.807, 2.05) is 6.07 Å². The van der Waals surface area contributed by atoms with Crippen LogP contribution in [0.3, 0.4) is 0 Å². The van der Waals surface area contributed by atoms with Crippen molar-refractivity contribution >= 4 is 23.2 Å². The van der Waals surface area contributed by atoms with Crippen LogP contribution in [0.1, 0.15) is 28.8 Å². The van der Waals surface area contributed by atoms with E-state index in [9.17, 15) is 9.59 Å². The van der Waals surface area contributed by atoms with Crippen LogP contribution in [-0.2, 0) is 11.2 Å². The number of nitrogens with zero attached hydrogens (tertiary/aromatic N) is 2. The van der Waals surface area contributed by atoms with Gasteiger partial charge in [-0.3, -0.25) is 14.6 Å². The van der Waals surface area contributed by atoms with Gasteiger partial charge in [-0.15, -0.1) is 17.9 Å². The maximum atomic E-state index is 13.3. The number of carbonyl (C=O) groups is 2. The number of aromatic nitrogens is 1. The van der Waals surface area contributed by atoms with Gasteiger partial charge in [0.25, 0.3) is 5.91 Å². The molecule has 1 N–H and O–H groups in total. The quantitative estimate of drug-likeness (QED) is 0.542. The molecule has 0 aliphatic carbocycles. The van der Waals surface area contributed by atoms with E-state index in [1.54, 1.807) is 46.8 Å². The second-order valence-electron chi connectivity index (χ2n) is 8.20. The van der Waals surface area contributed by atoms with Crippen molar-refractivity contribution in [2.45, 2.75) is 19.3 Å². The smallest absolute Gasteiger partial charge is 0.255 e. The fraction of sp³-hybridized carbons (Fsp3) is 0.269. The zero-order valence-corrected chi connectivity index (χ0v) is 18.8. The number of nitrogens with one attached hydrogen (secondary N) is 1. The molecule has 1 atom stereocenters. The van der Waals surface area contributed by atoms with Gasteiger partial charge in [-0.05, 0) is 54.0 Å². The first-order valence-corrected chi connectivity index (χ1v) is 11.7. The molecule has 32 heavy (non-hydrogen) atoms. The lowest BCUT2D eigenvalue weighted by Gasteiger charge is -2.42. The van der Waals surface area contributed by atoms with Crippen molar-refractivity contribution in [2.75, 3.05) is 19.6 Å². The third kappa shape index (κ3) is 4.81. The Kier molecular flexibility index (Phi) is 6.81. The zero-order valence-electron chi connectivity index (χ0n) is 18.0. The van der Waals surface area contributed by atoms with E-state index in [0.717, 1.165) is 18.4 Å². The predicted octanol–water partition coefficient (Wildman–Crippen LogP) is 4.58. The minimum absolute atomic E-state index is 0.0246. The molecule has 0 saturated carbocycles. The fourth-order valence-corrected chi connectivity index (χ4v) is 5.09. The van der Waals surface area contributed by atoms with E-state index in [2.05, 4.69) is 52.6 Å². The second kappa shape index (κ2) is 9.92. The largest absolute Gasteiger partial charge is 0.352 e. The molecule has 3 heterocycles. The number of piperidine rings is 1. The van der Waals surface area contributed by atoms with Gasteiger partial charge in [0.2, 0.25) is 5.91 Å². The Bertz CT molecular complexity index is 1060. The molecule has 0 radical (unpaired) electrons. The van der Waals surface area contributed by atoms with Crippen molar-refractivity contribution in [1.29, 1.82) is 0 Å². The van der Waals surface area contributed by atoms with Crippen LogP contribution in [0.15, 0.2) is 79.0 Å². The van der Waals surface area contributed by atoms with Crippen LogP contribution < -0.4 is 5.32 Å². The van der Waals surface area contributed by atoms with Gasteiger partial charge in [-0.2, -0.15) is 0 Å². The molecule has 3 aromatic rings. The standard InChI is InChI=1S/C26H27N3O2S/c1-2-13-28-25(31)26(17-20-8-10-21(11-9-20)23-7-4-16-32-23)12-5-15-29(19-26)24(30)22-6-3-14-27-18-22/h2-4,6-11,14,16,18H,1,5,12-13,15,17,19H2,(H,28,31). The number of likely N-dealkylation sites (tertiary alicyclic amines) is 1. The van der Waals surface area contributed by atoms with E-state index in [0.29, 0.717) is 31.6 Å². The van der Waals surface area contributed by atoms with E-state index in [-0.39, 0.29) is 11.8 Å². The van der Waals surface area contributed by atoms with Gasteiger partial charge in [0, 0.05) is 36.9 Å². The van der Waals surface area contributed by atoms with E-state index < -0.39 is 5.41 Å². The molecule has 6 heteroatoms. The van der Waals surface area contributed by atoms with Crippen LogP contribution in [0, 0.1) is 5.41 Å². The number of benzene rings is 1. The molecule has 4 rings (SSSR count). The molecule has 1 aliphatic rings. The average Bonchev–Trinajstić information content (AvgIpc) is 3.38. The molecule has 1 unspecified atom stereocenters. The summed E-state index contributed by atoms with van der Waals surface area (Å²) in [6, 6.07) is 16.1. The Hall–Kier alpha value is -3.25. The van der Waals surface area contributed by atoms with Crippen molar-refractivity contribution in [3.8, 4) is 10.4 Å². The molecule has 1 fully saturated rings. The molecule has 0 bridgehead atoms. The normalized spacial score (nSPS) is 18.2. The third-order valence-corrected chi connectivity index (χ3v) is 6.88. The highest BCUT2D eigenvalue weighted by atomic mass is 32.1. The Morgan fingerprint density at radius 2 is 2.03 bits per heavy atom. The highest BCUT2D eigenvalue weighted by Crippen LogP contribution is 2.35. The first kappa shape index (κ1) is 22.0. The molecule has 164 valence electrons. The summed E-state index contributed by atoms with van der Waals surface area (Å²) in [6.07, 6.45) is 7.01.